The van der Waals surface area contributed by atoms with Crippen molar-refractivity contribution in [1.29, 1.82) is 0 Å². The topological polar surface area (TPSA) is 107 Å². The van der Waals surface area contributed by atoms with Crippen LogP contribution in [0.3, 0.4) is 0 Å². The van der Waals surface area contributed by atoms with Gasteiger partial charge in [-0.05, 0) is 74.7 Å². The van der Waals surface area contributed by atoms with Crippen LogP contribution in [0.15, 0.2) is 11.6 Å². The zero-order valence-corrected chi connectivity index (χ0v) is 17.3. The Morgan fingerprint density at radius 2 is 1.83 bits per heavy atom. The lowest BCUT2D eigenvalue weighted by Gasteiger charge is -2.66. The molecule has 8 atom stereocenters. The molecular weight excluding hydrogens is 372 g/mol. The Kier molecular flexibility index (Phi) is 4.33. The highest BCUT2D eigenvalue weighted by molar-refractivity contribution is 5.85. The Bertz CT molecular complexity index is 750. The molecule has 2 unspecified atom stereocenters. The van der Waals surface area contributed by atoms with Crippen LogP contribution in [0.2, 0.25) is 0 Å². The molecule has 0 bridgehead atoms. The second kappa shape index (κ2) is 6.28. The van der Waals surface area contributed by atoms with Gasteiger partial charge in [-0.15, -0.1) is 0 Å². The Hall–Kier alpha value is -0.950. The van der Waals surface area contributed by atoms with E-state index < -0.39 is 22.7 Å². The molecule has 4 aliphatic carbocycles. The van der Waals surface area contributed by atoms with Crippen LogP contribution in [0, 0.1) is 28.6 Å². The van der Waals surface area contributed by atoms with Crippen molar-refractivity contribution in [3.8, 4) is 0 Å². The quantitative estimate of drug-likeness (QED) is 0.520. The molecule has 0 spiro atoms. The third kappa shape index (κ3) is 2.40. The van der Waals surface area contributed by atoms with Crippen molar-refractivity contribution in [3.63, 3.8) is 0 Å². The van der Waals surface area contributed by atoms with E-state index in [1.807, 2.05) is 0 Å². The molecule has 1 aliphatic heterocycles. The van der Waals surface area contributed by atoms with E-state index in [2.05, 4.69) is 6.92 Å². The number of carbonyl (C=O) groups excluding carboxylic acids is 1. The van der Waals surface area contributed by atoms with E-state index in [1.165, 1.54) is 0 Å². The Morgan fingerprint density at radius 1 is 1.07 bits per heavy atom. The van der Waals surface area contributed by atoms with Gasteiger partial charge in [0, 0.05) is 23.3 Å². The summed E-state index contributed by atoms with van der Waals surface area (Å²) in [5.74, 6) is -0.0760. The fraction of sp³-hybridized carbons (Fsp3) is 0.870. The van der Waals surface area contributed by atoms with Gasteiger partial charge in [-0.25, -0.2) is 4.79 Å². The monoisotopic (exact) mass is 406 g/mol. The molecule has 0 aromatic rings. The molecule has 0 saturated heterocycles. The molecule has 29 heavy (non-hydrogen) atoms. The molecule has 0 radical (unpaired) electrons. The minimum Gasteiger partial charge on any atom is -0.458 e. The molecule has 6 heteroatoms. The van der Waals surface area contributed by atoms with E-state index in [-0.39, 0.29) is 35.7 Å². The van der Waals surface area contributed by atoms with Crippen LogP contribution in [0.1, 0.15) is 64.7 Å². The summed E-state index contributed by atoms with van der Waals surface area (Å²) in [6.45, 7) is 2.41. The highest BCUT2D eigenvalue weighted by Gasteiger charge is 2.71. The normalized spacial score (nSPS) is 54.2. The summed E-state index contributed by atoms with van der Waals surface area (Å²) in [5, 5.41) is 44.4. The average molecular weight is 407 g/mol. The van der Waals surface area contributed by atoms with E-state index in [0.717, 1.165) is 24.8 Å². The number of ether oxygens (including phenoxy) is 1. The van der Waals surface area contributed by atoms with Crippen molar-refractivity contribution >= 4 is 5.97 Å². The minimum absolute atomic E-state index is 0.0209. The number of carbonyl (C=O) groups is 1. The number of aliphatic hydroxyl groups is 4. The third-order valence-electron chi connectivity index (χ3n) is 10.1. The SMILES string of the molecule is C[C@]12CCC3C(CC[C@]4(O)C[C@@H](O)CC[C@]34CO)[C@@]1(O)CC[C@@H]2C1=CC(=O)OC1. The maximum atomic E-state index is 12.1. The molecule has 1 heterocycles. The van der Waals surface area contributed by atoms with E-state index in [0.29, 0.717) is 45.1 Å². The first kappa shape index (κ1) is 20.0. The van der Waals surface area contributed by atoms with Crippen LogP contribution in [0.25, 0.3) is 0 Å². The predicted octanol–water partition coefficient (Wildman–Crippen LogP) is 1.69. The van der Waals surface area contributed by atoms with E-state index in [4.69, 9.17) is 4.74 Å². The highest BCUT2D eigenvalue weighted by atomic mass is 16.5. The molecule has 5 aliphatic rings. The summed E-state index contributed by atoms with van der Waals surface area (Å²) in [4.78, 5) is 11.6. The number of hydrogen-bond donors (Lipinski definition) is 4. The first-order valence-corrected chi connectivity index (χ1v) is 11.3. The maximum Gasteiger partial charge on any atom is 0.331 e. The fourth-order valence-electron chi connectivity index (χ4n) is 8.52. The first-order chi connectivity index (χ1) is 13.7. The van der Waals surface area contributed by atoms with E-state index >= 15 is 0 Å². The van der Waals surface area contributed by atoms with Gasteiger partial charge in [-0.2, -0.15) is 0 Å². The van der Waals surface area contributed by atoms with Gasteiger partial charge in [0.05, 0.1) is 23.9 Å². The van der Waals surface area contributed by atoms with Crippen molar-refractivity contribution in [2.24, 2.45) is 28.6 Å². The summed E-state index contributed by atoms with van der Waals surface area (Å²) >= 11 is 0. The number of rotatable bonds is 2. The Labute approximate surface area is 172 Å². The molecule has 162 valence electrons. The lowest BCUT2D eigenvalue weighted by molar-refractivity contribution is -0.269. The summed E-state index contributed by atoms with van der Waals surface area (Å²) < 4.78 is 5.17. The fourth-order valence-corrected chi connectivity index (χ4v) is 8.52. The highest BCUT2D eigenvalue weighted by Crippen LogP contribution is 2.70. The molecule has 4 fully saturated rings. The summed E-state index contributed by atoms with van der Waals surface area (Å²) in [5.41, 5.74) is -1.88. The molecule has 0 amide bonds. The Morgan fingerprint density at radius 3 is 2.52 bits per heavy atom. The van der Waals surface area contributed by atoms with Gasteiger partial charge >= 0.3 is 5.97 Å². The van der Waals surface area contributed by atoms with E-state index in [1.54, 1.807) is 6.08 Å². The van der Waals surface area contributed by atoms with Crippen molar-refractivity contribution in [2.75, 3.05) is 13.2 Å². The van der Waals surface area contributed by atoms with Gasteiger partial charge in [0.25, 0.3) is 0 Å². The second-order valence-corrected chi connectivity index (χ2v) is 10.8. The zero-order chi connectivity index (χ0) is 20.7. The van der Waals surface area contributed by atoms with Crippen LogP contribution < -0.4 is 0 Å². The van der Waals surface area contributed by atoms with Crippen molar-refractivity contribution < 1.29 is 30.0 Å². The predicted molar refractivity (Wildman–Crippen MR) is 105 cm³/mol. The number of aliphatic hydroxyl groups excluding tert-OH is 2. The van der Waals surface area contributed by atoms with Crippen LogP contribution in [0.4, 0.5) is 0 Å². The van der Waals surface area contributed by atoms with Gasteiger partial charge in [0.2, 0.25) is 0 Å². The molecule has 5 rings (SSSR count). The smallest absolute Gasteiger partial charge is 0.331 e. The lowest BCUT2D eigenvalue weighted by atomic mass is 9.41. The van der Waals surface area contributed by atoms with Crippen molar-refractivity contribution in [3.05, 3.63) is 11.6 Å². The number of hydrogen-bond acceptors (Lipinski definition) is 6. The van der Waals surface area contributed by atoms with Gasteiger partial charge in [0.1, 0.15) is 6.61 Å². The number of cyclic esters (lactones) is 1. The van der Waals surface area contributed by atoms with Crippen molar-refractivity contribution in [1.82, 2.24) is 0 Å². The first-order valence-electron chi connectivity index (χ1n) is 11.3. The number of fused-ring (bicyclic) bond motifs is 5. The lowest BCUT2D eigenvalue weighted by Crippen LogP contribution is -2.69. The maximum absolute atomic E-state index is 12.1. The molecule has 0 aromatic carbocycles. The second-order valence-electron chi connectivity index (χ2n) is 10.8. The van der Waals surface area contributed by atoms with Crippen LogP contribution in [0.5, 0.6) is 0 Å². The van der Waals surface area contributed by atoms with Gasteiger partial charge in [0.15, 0.2) is 0 Å². The largest absolute Gasteiger partial charge is 0.458 e. The molecule has 4 N–H and O–H groups in total. The Balaban J connectivity index is 1.51. The number of esters is 1. The standard InChI is InChI=1S/C23H34O6/c1-20-6-3-17-18(4-8-22(27)11-15(25)2-7-21(17,22)13-24)23(20,28)9-5-16(20)14-10-19(26)29-12-14/h10,15-18,24-25,27-28H,2-9,11-13H2,1H3/t15-,16+,17?,18?,20+,21-,22-,23-/m0/s1. The van der Waals surface area contributed by atoms with Crippen LogP contribution in [-0.4, -0.2) is 56.9 Å². The average Bonchev–Trinajstić information content (AvgIpc) is 3.21. The summed E-state index contributed by atoms with van der Waals surface area (Å²) in [6, 6.07) is 0. The molecular formula is C23H34O6. The van der Waals surface area contributed by atoms with Crippen molar-refractivity contribution in [2.45, 2.75) is 82.0 Å². The van der Waals surface area contributed by atoms with Gasteiger partial charge < -0.3 is 25.2 Å². The summed E-state index contributed by atoms with van der Waals surface area (Å²) in [7, 11) is 0. The molecule has 0 aromatic heterocycles. The van der Waals surface area contributed by atoms with Gasteiger partial charge in [-0.3, -0.25) is 0 Å². The minimum atomic E-state index is -1.06. The summed E-state index contributed by atoms with van der Waals surface area (Å²) in [6.07, 6.45) is 7.02. The van der Waals surface area contributed by atoms with Gasteiger partial charge in [-0.1, -0.05) is 6.92 Å². The van der Waals surface area contributed by atoms with Crippen LogP contribution >= 0.6 is 0 Å². The third-order valence-corrected chi connectivity index (χ3v) is 10.1. The van der Waals surface area contributed by atoms with Crippen LogP contribution in [-0.2, 0) is 9.53 Å². The van der Waals surface area contributed by atoms with E-state index in [9.17, 15) is 25.2 Å². The zero-order valence-electron chi connectivity index (χ0n) is 17.3. The molecule has 6 nitrogen and oxygen atoms in total. The molecule has 4 saturated carbocycles.